The van der Waals surface area contributed by atoms with Crippen molar-refractivity contribution < 1.29 is 4.39 Å². The summed E-state index contributed by atoms with van der Waals surface area (Å²) >= 11 is 5.36. The third-order valence-corrected chi connectivity index (χ3v) is 4.68. The first kappa shape index (κ1) is 14.3. The van der Waals surface area contributed by atoms with Crippen LogP contribution in [0, 0.1) is 17.5 Å². The fraction of sp³-hybridized carbons (Fsp3) is 0.222. The van der Waals surface area contributed by atoms with Gasteiger partial charge in [-0.15, -0.1) is 0 Å². The highest BCUT2D eigenvalue weighted by molar-refractivity contribution is 7.71. The summed E-state index contributed by atoms with van der Waals surface area (Å²) in [6.07, 6.45) is 1.06. The van der Waals surface area contributed by atoms with E-state index in [0.717, 1.165) is 17.9 Å². The molecule has 4 rings (SSSR count). The highest BCUT2D eigenvalue weighted by atomic mass is 32.1. The van der Waals surface area contributed by atoms with Crippen LogP contribution in [-0.2, 0) is 0 Å². The molecule has 2 unspecified atom stereocenters. The van der Waals surface area contributed by atoms with Gasteiger partial charge in [-0.1, -0.05) is 29.8 Å². The summed E-state index contributed by atoms with van der Waals surface area (Å²) in [5, 5.41) is 7.30. The highest BCUT2D eigenvalue weighted by Gasteiger charge is 2.43. The fourth-order valence-corrected chi connectivity index (χ4v) is 3.30. The Balaban J connectivity index is 1.68. The molecule has 0 bridgehead atoms. The third kappa shape index (κ3) is 2.61. The van der Waals surface area contributed by atoms with Gasteiger partial charge >= 0.3 is 0 Å². The van der Waals surface area contributed by atoms with Gasteiger partial charge in [0.15, 0.2) is 4.77 Å². The van der Waals surface area contributed by atoms with Gasteiger partial charge < -0.3 is 0 Å². The van der Waals surface area contributed by atoms with Crippen molar-refractivity contribution in [2.24, 2.45) is 0 Å². The molecule has 1 N–H and O–H groups in total. The molecule has 1 saturated carbocycles. The minimum absolute atomic E-state index is 0.255. The van der Waals surface area contributed by atoms with Crippen LogP contribution < -0.4 is 0 Å². The second kappa shape index (κ2) is 5.42. The summed E-state index contributed by atoms with van der Waals surface area (Å²) in [5.41, 5.74) is 3.44. The van der Waals surface area contributed by atoms with Crippen LogP contribution in [0.4, 0.5) is 4.39 Å². The van der Waals surface area contributed by atoms with Gasteiger partial charge in [0.2, 0.25) is 0 Å². The van der Waals surface area contributed by atoms with Crippen LogP contribution in [0.2, 0.25) is 0 Å². The molecule has 3 nitrogen and oxygen atoms in total. The molecule has 0 saturated heterocycles. The largest absolute Gasteiger partial charge is 0.272 e. The summed E-state index contributed by atoms with van der Waals surface area (Å²) in [6.45, 7) is 2.09. The third-order valence-electron chi connectivity index (χ3n) is 4.41. The maximum absolute atomic E-state index is 13.2. The maximum atomic E-state index is 13.2. The lowest BCUT2D eigenvalue weighted by Gasteiger charge is -2.07. The number of hydrogen-bond acceptors (Lipinski definition) is 2. The van der Waals surface area contributed by atoms with E-state index >= 15 is 0 Å². The first-order valence-corrected chi connectivity index (χ1v) is 8.04. The number of H-pyrrole nitrogens is 1. The van der Waals surface area contributed by atoms with Crippen LogP contribution >= 0.6 is 12.2 Å². The van der Waals surface area contributed by atoms with Crippen molar-refractivity contribution >= 4 is 12.2 Å². The number of halogens is 1. The average molecular weight is 325 g/mol. The Morgan fingerprint density at radius 1 is 1.09 bits per heavy atom. The molecular weight excluding hydrogens is 309 g/mol. The molecule has 5 heteroatoms. The van der Waals surface area contributed by atoms with E-state index < -0.39 is 0 Å². The van der Waals surface area contributed by atoms with Crippen molar-refractivity contribution in [1.82, 2.24) is 14.8 Å². The quantitative estimate of drug-likeness (QED) is 0.711. The molecule has 1 aliphatic rings. The van der Waals surface area contributed by atoms with Crippen LogP contribution in [0.1, 0.15) is 35.2 Å². The molecule has 0 aliphatic heterocycles. The molecular formula is C18H16FN3S. The Labute approximate surface area is 138 Å². The monoisotopic (exact) mass is 325 g/mol. The van der Waals surface area contributed by atoms with Gasteiger partial charge in [0.25, 0.3) is 0 Å². The van der Waals surface area contributed by atoms with E-state index in [1.165, 1.54) is 23.3 Å². The second-order valence-corrected chi connectivity index (χ2v) is 6.44. The minimum Gasteiger partial charge on any atom is -0.272 e. The van der Waals surface area contributed by atoms with Gasteiger partial charge in [-0.3, -0.25) is 9.67 Å². The molecule has 0 radical (unpaired) electrons. The van der Waals surface area contributed by atoms with Crippen LogP contribution in [0.25, 0.3) is 5.69 Å². The summed E-state index contributed by atoms with van der Waals surface area (Å²) in [4.78, 5) is 0. The van der Waals surface area contributed by atoms with Crippen molar-refractivity contribution in [2.45, 2.75) is 25.2 Å². The first-order valence-electron chi connectivity index (χ1n) is 7.63. The van der Waals surface area contributed by atoms with Gasteiger partial charge in [-0.25, -0.2) is 4.39 Å². The lowest BCUT2D eigenvalue weighted by atomic mass is 10.1. The number of aromatic nitrogens is 3. The molecule has 0 amide bonds. The standard InChI is InChI=1S/C18H16FN3S/c1-11-2-4-12(5-3-11)15-10-16(15)17-20-21-18(23)22(17)14-8-6-13(19)7-9-14/h2-9,15-16H,10H2,1H3,(H,21,23). The molecule has 2 atom stereocenters. The Hall–Kier alpha value is -2.27. The molecule has 1 heterocycles. The number of hydrogen-bond donors (Lipinski definition) is 1. The van der Waals surface area contributed by atoms with E-state index in [4.69, 9.17) is 12.2 Å². The zero-order valence-corrected chi connectivity index (χ0v) is 13.5. The molecule has 0 spiro atoms. The Morgan fingerprint density at radius 3 is 2.48 bits per heavy atom. The number of aryl methyl sites for hydroxylation is 1. The number of aromatic amines is 1. The summed E-state index contributed by atoms with van der Waals surface area (Å²) in [7, 11) is 0. The summed E-state index contributed by atoms with van der Waals surface area (Å²) in [6, 6.07) is 15.0. The van der Waals surface area contributed by atoms with Crippen molar-refractivity contribution in [3.8, 4) is 5.69 Å². The molecule has 1 aromatic heterocycles. The van der Waals surface area contributed by atoms with Gasteiger partial charge in [-0.2, -0.15) is 5.10 Å². The molecule has 116 valence electrons. The molecule has 1 fully saturated rings. The van der Waals surface area contributed by atoms with Crippen LogP contribution in [-0.4, -0.2) is 14.8 Å². The van der Waals surface area contributed by atoms with E-state index in [0.29, 0.717) is 16.6 Å². The van der Waals surface area contributed by atoms with E-state index in [1.54, 1.807) is 12.1 Å². The fourth-order valence-electron chi connectivity index (χ4n) is 3.06. The van der Waals surface area contributed by atoms with Gasteiger partial charge in [0, 0.05) is 11.6 Å². The number of benzene rings is 2. The average Bonchev–Trinajstić information content (AvgIpc) is 3.25. The van der Waals surface area contributed by atoms with Crippen molar-refractivity contribution in [3.63, 3.8) is 0 Å². The number of rotatable bonds is 3. The van der Waals surface area contributed by atoms with Gasteiger partial charge in [0.1, 0.15) is 11.6 Å². The first-order chi connectivity index (χ1) is 11.1. The Morgan fingerprint density at radius 2 is 1.78 bits per heavy atom. The number of nitrogens with zero attached hydrogens (tertiary/aromatic N) is 2. The van der Waals surface area contributed by atoms with E-state index in [-0.39, 0.29) is 5.82 Å². The zero-order valence-electron chi connectivity index (χ0n) is 12.7. The van der Waals surface area contributed by atoms with Crippen LogP contribution in [0.15, 0.2) is 48.5 Å². The van der Waals surface area contributed by atoms with Gasteiger partial charge in [0.05, 0.1) is 0 Å². The predicted octanol–water partition coefficient (Wildman–Crippen LogP) is 4.65. The lowest BCUT2D eigenvalue weighted by molar-refractivity contribution is 0.627. The van der Waals surface area contributed by atoms with Crippen LogP contribution in [0.5, 0.6) is 0 Å². The SMILES string of the molecule is Cc1ccc(C2CC2c2n[nH]c(=S)n2-c2ccc(F)cc2)cc1. The summed E-state index contributed by atoms with van der Waals surface area (Å²) in [5.74, 6) is 1.48. The summed E-state index contributed by atoms with van der Waals surface area (Å²) < 4.78 is 15.6. The smallest absolute Gasteiger partial charge is 0.199 e. The van der Waals surface area contributed by atoms with Crippen molar-refractivity contribution in [1.29, 1.82) is 0 Å². The predicted molar refractivity (Wildman–Crippen MR) is 90.0 cm³/mol. The van der Waals surface area contributed by atoms with Gasteiger partial charge in [-0.05, 0) is 61.3 Å². The Bertz CT molecular complexity index is 893. The normalized spacial score (nSPS) is 19.7. The van der Waals surface area contributed by atoms with Crippen molar-refractivity contribution in [3.05, 3.63) is 76.1 Å². The minimum atomic E-state index is -0.255. The van der Waals surface area contributed by atoms with Crippen molar-refractivity contribution in [2.75, 3.05) is 0 Å². The molecule has 2 aromatic carbocycles. The second-order valence-electron chi connectivity index (χ2n) is 6.06. The molecule has 3 aromatic rings. The van der Waals surface area contributed by atoms with E-state index in [1.807, 2.05) is 4.57 Å². The number of nitrogens with one attached hydrogen (secondary N) is 1. The maximum Gasteiger partial charge on any atom is 0.199 e. The van der Waals surface area contributed by atoms with E-state index in [2.05, 4.69) is 41.4 Å². The molecule has 1 aliphatic carbocycles. The lowest BCUT2D eigenvalue weighted by Crippen LogP contribution is -2.01. The Kier molecular flexibility index (Phi) is 3.38. The zero-order chi connectivity index (χ0) is 16.0. The highest BCUT2D eigenvalue weighted by Crippen LogP contribution is 2.54. The van der Waals surface area contributed by atoms with E-state index in [9.17, 15) is 4.39 Å². The molecule has 23 heavy (non-hydrogen) atoms. The topological polar surface area (TPSA) is 33.6 Å². The van der Waals surface area contributed by atoms with Crippen LogP contribution in [0.3, 0.4) is 0 Å².